The summed E-state index contributed by atoms with van der Waals surface area (Å²) in [6.07, 6.45) is 3.44. The Labute approximate surface area is 82.9 Å². The first-order valence-corrected chi connectivity index (χ1v) is 5.00. The summed E-state index contributed by atoms with van der Waals surface area (Å²) in [4.78, 5) is 11.5. The topological polar surface area (TPSA) is 17.1 Å². The van der Waals surface area contributed by atoms with Gasteiger partial charge in [-0.1, -0.05) is 12.1 Å². The number of hydrogen-bond donors (Lipinski definition) is 0. The molecule has 2 rings (SSSR count). The van der Waals surface area contributed by atoms with Crippen molar-refractivity contribution in [3.05, 3.63) is 35.6 Å². The van der Waals surface area contributed by atoms with Gasteiger partial charge in [0.1, 0.15) is 11.6 Å². The number of halogens is 1. The van der Waals surface area contributed by atoms with Gasteiger partial charge in [-0.2, -0.15) is 0 Å². The van der Waals surface area contributed by atoms with Gasteiger partial charge in [0.2, 0.25) is 0 Å². The van der Waals surface area contributed by atoms with Crippen molar-refractivity contribution in [2.45, 2.75) is 25.7 Å². The predicted octanol–water partition coefficient (Wildman–Crippen LogP) is 2.74. The van der Waals surface area contributed by atoms with E-state index in [9.17, 15) is 9.18 Å². The van der Waals surface area contributed by atoms with Crippen molar-refractivity contribution in [2.24, 2.45) is 5.92 Å². The molecule has 0 bridgehead atoms. The van der Waals surface area contributed by atoms with Gasteiger partial charge >= 0.3 is 0 Å². The van der Waals surface area contributed by atoms with Crippen LogP contribution in [0.5, 0.6) is 0 Å². The molecule has 0 unspecified atom stereocenters. The third-order valence-corrected chi connectivity index (χ3v) is 2.50. The van der Waals surface area contributed by atoms with E-state index in [0.29, 0.717) is 18.8 Å². The molecule has 0 aliphatic heterocycles. The third kappa shape index (κ3) is 2.66. The molecular weight excluding hydrogens is 179 g/mol. The Kier molecular flexibility index (Phi) is 2.62. The fourth-order valence-corrected chi connectivity index (χ4v) is 1.59. The van der Waals surface area contributed by atoms with Gasteiger partial charge in [-0.05, 0) is 36.5 Å². The first kappa shape index (κ1) is 9.38. The van der Waals surface area contributed by atoms with Gasteiger partial charge in [-0.15, -0.1) is 0 Å². The molecule has 0 heterocycles. The summed E-state index contributed by atoms with van der Waals surface area (Å²) in [5.41, 5.74) is 0.788. The van der Waals surface area contributed by atoms with Crippen molar-refractivity contribution in [3.8, 4) is 0 Å². The van der Waals surface area contributed by atoms with E-state index in [0.717, 1.165) is 5.56 Å². The molecule has 1 saturated carbocycles. The maximum absolute atomic E-state index is 12.8. The average Bonchev–Trinajstić information content (AvgIpc) is 2.87. The Morgan fingerprint density at radius 3 is 2.86 bits per heavy atom. The summed E-state index contributed by atoms with van der Waals surface area (Å²) in [5.74, 6) is 0.593. The fraction of sp³-hybridized carbons (Fsp3) is 0.417. The Morgan fingerprint density at radius 1 is 1.43 bits per heavy atom. The number of Topliss-reactive ketones (excluding diaryl/α,β-unsaturated/α-hetero) is 1. The quantitative estimate of drug-likeness (QED) is 0.716. The predicted molar refractivity (Wildman–Crippen MR) is 52.5 cm³/mol. The van der Waals surface area contributed by atoms with Crippen LogP contribution in [0, 0.1) is 11.7 Å². The molecule has 1 aliphatic rings. The number of benzene rings is 1. The van der Waals surface area contributed by atoms with E-state index >= 15 is 0 Å². The largest absolute Gasteiger partial charge is 0.299 e. The zero-order chi connectivity index (χ0) is 9.97. The molecule has 0 saturated heterocycles. The number of rotatable bonds is 4. The van der Waals surface area contributed by atoms with E-state index in [1.165, 1.54) is 25.0 Å². The van der Waals surface area contributed by atoms with Crippen LogP contribution in [0.15, 0.2) is 24.3 Å². The van der Waals surface area contributed by atoms with Crippen LogP contribution in [0.25, 0.3) is 0 Å². The van der Waals surface area contributed by atoms with Crippen LogP contribution in [0.1, 0.15) is 24.8 Å². The highest BCUT2D eigenvalue weighted by atomic mass is 19.1. The van der Waals surface area contributed by atoms with Crippen molar-refractivity contribution < 1.29 is 9.18 Å². The lowest BCUT2D eigenvalue weighted by atomic mass is 10.1. The molecule has 1 aliphatic carbocycles. The third-order valence-electron chi connectivity index (χ3n) is 2.50. The summed E-state index contributed by atoms with van der Waals surface area (Å²) in [6, 6.07) is 6.28. The summed E-state index contributed by atoms with van der Waals surface area (Å²) >= 11 is 0. The standard InChI is InChI=1S/C12H13FO/c13-11-3-1-2-10(6-11)8-12(14)7-9-4-5-9/h1-3,6,9H,4-5,7-8H2. The first-order chi connectivity index (χ1) is 6.74. The van der Waals surface area contributed by atoms with E-state index in [2.05, 4.69) is 0 Å². The monoisotopic (exact) mass is 192 g/mol. The minimum absolute atomic E-state index is 0.234. The van der Waals surface area contributed by atoms with Crippen LogP contribution in [-0.4, -0.2) is 5.78 Å². The van der Waals surface area contributed by atoms with Crippen molar-refractivity contribution in [1.82, 2.24) is 0 Å². The average molecular weight is 192 g/mol. The molecular formula is C12H13FO. The highest BCUT2D eigenvalue weighted by Gasteiger charge is 2.24. The van der Waals surface area contributed by atoms with E-state index in [-0.39, 0.29) is 11.6 Å². The second kappa shape index (κ2) is 3.91. The fourth-order valence-electron chi connectivity index (χ4n) is 1.59. The lowest BCUT2D eigenvalue weighted by Gasteiger charge is -2.00. The maximum Gasteiger partial charge on any atom is 0.137 e. The summed E-state index contributed by atoms with van der Waals surface area (Å²) < 4.78 is 12.8. The molecule has 14 heavy (non-hydrogen) atoms. The van der Waals surface area contributed by atoms with Crippen LogP contribution < -0.4 is 0 Å². The zero-order valence-corrected chi connectivity index (χ0v) is 8.00. The lowest BCUT2D eigenvalue weighted by Crippen LogP contribution is -2.03. The Balaban J connectivity index is 1.92. The molecule has 0 atom stereocenters. The molecule has 0 radical (unpaired) electrons. The summed E-state index contributed by atoms with van der Waals surface area (Å²) in [5, 5.41) is 0. The minimum Gasteiger partial charge on any atom is -0.299 e. The van der Waals surface area contributed by atoms with Crippen LogP contribution >= 0.6 is 0 Å². The smallest absolute Gasteiger partial charge is 0.137 e. The van der Waals surface area contributed by atoms with Gasteiger partial charge in [0.05, 0.1) is 0 Å². The second-order valence-corrected chi connectivity index (χ2v) is 3.99. The van der Waals surface area contributed by atoms with Gasteiger partial charge < -0.3 is 0 Å². The van der Waals surface area contributed by atoms with Crippen LogP contribution in [0.4, 0.5) is 4.39 Å². The normalized spacial score (nSPS) is 15.5. The molecule has 74 valence electrons. The van der Waals surface area contributed by atoms with Gasteiger partial charge in [0, 0.05) is 12.8 Å². The van der Waals surface area contributed by atoms with Gasteiger partial charge in [-0.3, -0.25) is 4.79 Å². The molecule has 0 N–H and O–H groups in total. The number of ketones is 1. The second-order valence-electron chi connectivity index (χ2n) is 3.99. The highest BCUT2D eigenvalue weighted by Crippen LogP contribution is 2.32. The van der Waals surface area contributed by atoms with Crippen molar-refractivity contribution in [3.63, 3.8) is 0 Å². The van der Waals surface area contributed by atoms with E-state index in [1.807, 2.05) is 0 Å². The van der Waals surface area contributed by atoms with Gasteiger partial charge in [0.15, 0.2) is 0 Å². The molecule has 0 aromatic heterocycles. The molecule has 1 aromatic rings. The van der Waals surface area contributed by atoms with E-state index < -0.39 is 0 Å². The number of hydrogen-bond acceptors (Lipinski definition) is 1. The molecule has 0 amide bonds. The number of carbonyl (C=O) groups excluding carboxylic acids is 1. The zero-order valence-electron chi connectivity index (χ0n) is 8.00. The first-order valence-electron chi connectivity index (χ1n) is 5.00. The van der Waals surface area contributed by atoms with Crippen molar-refractivity contribution >= 4 is 5.78 Å². The van der Waals surface area contributed by atoms with Crippen LogP contribution in [-0.2, 0) is 11.2 Å². The molecule has 1 nitrogen and oxygen atoms in total. The molecule has 1 fully saturated rings. The minimum atomic E-state index is -0.262. The maximum atomic E-state index is 12.8. The van der Waals surface area contributed by atoms with Crippen LogP contribution in [0.2, 0.25) is 0 Å². The van der Waals surface area contributed by atoms with Crippen molar-refractivity contribution in [2.75, 3.05) is 0 Å². The molecule has 0 spiro atoms. The van der Waals surface area contributed by atoms with E-state index in [1.54, 1.807) is 12.1 Å². The lowest BCUT2D eigenvalue weighted by molar-refractivity contribution is -0.118. The van der Waals surface area contributed by atoms with E-state index in [4.69, 9.17) is 0 Å². The summed E-state index contributed by atoms with van der Waals surface area (Å²) in [6.45, 7) is 0. The summed E-state index contributed by atoms with van der Waals surface area (Å²) in [7, 11) is 0. The molecule has 2 heteroatoms. The van der Waals surface area contributed by atoms with Gasteiger partial charge in [-0.25, -0.2) is 4.39 Å². The van der Waals surface area contributed by atoms with Crippen LogP contribution in [0.3, 0.4) is 0 Å². The SMILES string of the molecule is O=C(Cc1cccc(F)c1)CC1CC1. The Bertz CT molecular complexity index is 342. The number of carbonyl (C=O) groups is 1. The van der Waals surface area contributed by atoms with Gasteiger partial charge in [0.25, 0.3) is 0 Å². The Morgan fingerprint density at radius 2 is 2.21 bits per heavy atom. The highest BCUT2D eigenvalue weighted by molar-refractivity contribution is 5.81. The molecule has 1 aromatic carbocycles. The Hall–Kier alpha value is -1.18. The van der Waals surface area contributed by atoms with Crippen molar-refractivity contribution in [1.29, 1.82) is 0 Å².